The van der Waals surface area contributed by atoms with Gasteiger partial charge in [0.15, 0.2) is 15.8 Å². The molecule has 1 N–H and O–H groups in total. The SMILES string of the molecule is O=C1/C(=C/c2cc3c(cc2[N+](=O)[O-])OCO3)SC(=S)N1NC(=O)C12CC3CC(CC(C3)C1)C2. The summed E-state index contributed by atoms with van der Waals surface area (Å²) in [4.78, 5) is 37.7. The Morgan fingerprint density at radius 1 is 1.18 bits per heavy atom. The Morgan fingerprint density at radius 2 is 1.79 bits per heavy atom. The Kier molecular flexibility index (Phi) is 4.70. The summed E-state index contributed by atoms with van der Waals surface area (Å²) >= 11 is 6.38. The molecule has 0 spiro atoms. The highest BCUT2D eigenvalue weighted by Gasteiger charge is 2.55. The topological polar surface area (TPSA) is 111 Å². The Bertz CT molecular complexity index is 1110. The Hall–Kier alpha value is -2.66. The molecule has 2 heterocycles. The number of nitrogens with zero attached hydrogens (tertiary/aromatic N) is 2. The quantitative estimate of drug-likeness (QED) is 0.296. The molecule has 6 aliphatic rings. The van der Waals surface area contributed by atoms with E-state index in [0.29, 0.717) is 23.5 Å². The molecule has 2 amide bonds. The maximum Gasteiger partial charge on any atom is 0.285 e. The van der Waals surface area contributed by atoms with E-state index in [1.165, 1.54) is 37.5 Å². The number of ether oxygens (including phenoxy) is 2. The van der Waals surface area contributed by atoms with Crippen LogP contribution in [0.2, 0.25) is 0 Å². The number of hydrogen-bond acceptors (Lipinski definition) is 8. The molecule has 172 valence electrons. The van der Waals surface area contributed by atoms with Gasteiger partial charge in [-0.3, -0.25) is 25.1 Å². The summed E-state index contributed by atoms with van der Waals surface area (Å²) in [5, 5.41) is 12.7. The molecule has 0 aromatic heterocycles. The standard InChI is InChI=1S/C22H21N3O6S2/c26-19-18(5-14-4-16-17(31-10-30-16)6-15(14)25(28)29)33-21(32)24(19)23-20(27)22-7-11-1-12(8-22)3-13(2-11)9-22/h4-6,11-13H,1-3,7-10H2,(H,23,27)/b18-5-. The van der Waals surface area contributed by atoms with Gasteiger partial charge in [-0.25, -0.2) is 0 Å². The van der Waals surface area contributed by atoms with Crippen LogP contribution in [0.4, 0.5) is 5.69 Å². The van der Waals surface area contributed by atoms with Gasteiger partial charge in [0.2, 0.25) is 12.7 Å². The maximum absolute atomic E-state index is 13.4. The number of nitro groups is 1. The first-order chi connectivity index (χ1) is 15.8. The zero-order chi connectivity index (χ0) is 22.9. The minimum absolute atomic E-state index is 0.0194. The largest absolute Gasteiger partial charge is 0.454 e. The second kappa shape index (κ2) is 7.42. The molecule has 5 fully saturated rings. The van der Waals surface area contributed by atoms with Gasteiger partial charge in [-0.15, -0.1) is 0 Å². The highest BCUT2D eigenvalue weighted by molar-refractivity contribution is 8.26. The van der Waals surface area contributed by atoms with Crippen LogP contribution in [0, 0.1) is 33.3 Å². The molecule has 1 aromatic rings. The zero-order valence-corrected chi connectivity index (χ0v) is 19.2. The molecule has 0 radical (unpaired) electrons. The molecule has 11 heteroatoms. The van der Waals surface area contributed by atoms with E-state index in [9.17, 15) is 19.7 Å². The summed E-state index contributed by atoms with van der Waals surface area (Å²) in [5.74, 6) is 1.83. The maximum atomic E-state index is 13.4. The predicted octanol–water partition coefficient (Wildman–Crippen LogP) is 3.77. The molecule has 7 rings (SSSR count). The van der Waals surface area contributed by atoms with Crippen molar-refractivity contribution in [3.63, 3.8) is 0 Å². The smallest absolute Gasteiger partial charge is 0.285 e. The Labute approximate surface area is 199 Å². The van der Waals surface area contributed by atoms with Crippen LogP contribution in [0.1, 0.15) is 44.1 Å². The summed E-state index contributed by atoms with van der Waals surface area (Å²) in [7, 11) is 0. The minimum Gasteiger partial charge on any atom is -0.454 e. The molecule has 4 aliphatic carbocycles. The summed E-state index contributed by atoms with van der Waals surface area (Å²) in [6, 6.07) is 2.75. The molecular formula is C22H21N3O6S2. The molecule has 0 unspecified atom stereocenters. The molecule has 2 aliphatic heterocycles. The van der Waals surface area contributed by atoms with Crippen molar-refractivity contribution < 1.29 is 24.0 Å². The van der Waals surface area contributed by atoms with Crippen LogP contribution in [-0.4, -0.2) is 32.9 Å². The van der Waals surface area contributed by atoms with Crippen LogP contribution in [0.25, 0.3) is 6.08 Å². The van der Waals surface area contributed by atoms with Crippen molar-refractivity contribution >= 4 is 51.9 Å². The number of thioether (sulfide) groups is 1. The zero-order valence-electron chi connectivity index (χ0n) is 17.6. The van der Waals surface area contributed by atoms with E-state index in [4.69, 9.17) is 21.7 Å². The molecule has 4 bridgehead atoms. The van der Waals surface area contributed by atoms with E-state index >= 15 is 0 Å². The van der Waals surface area contributed by atoms with E-state index in [2.05, 4.69) is 5.43 Å². The fourth-order valence-corrected chi connectivity index (χ4v) is 7.71. The van der Waals surface area contributed by atoms with Gasteiger partial charge in [0.25, 0.3) is 11.6 Å². The first-order valence-electron chi connectivity index (χ1n) is 11.0. The normalized spacial score (nSPS) is 32.7. The number of nitrogens with one attached hydrogen (secondary N) is 1. The van der Waals surface area contributed by atoms with Crippen molar-refractivity contribution in [2.24, 2.45) is 23.2 Å². The molecular weight excluding hydrogens is 466 g/mol. The predicted molar refractivity (Wildman–Crippen MR) is 123 cm³/mol. The van der Waals surface area contributed by atoms with Gasteiger partial charge in [0.1, 0.15) is 0 Å². The minimum atomic E-state index is -0.538. The van der Waals surface area contributed by atoms with Crippen LogP contribution in [-0.2, 0) is 9.59 Å². The number of rotatable bonds is 4. The number of thiocarbonyl (C=S) groups is 1. The van der Waals surface area contributed by atoms with Crippen LogP contribution in [0.15, 0.2) is 17.0 Å². The highest BCUT2D eigenvalue weighted by atomic mass is 32.2. The molecule has 0 atom stereocenters. The van der Waals surface area contributed by atoms with Crippen molar-refractivity contribution in [3.8, 4) is 11.5 Å². The van der Waals surface area contributed by atoms with Crippen molar-refractivity contribution in [1.82, 2.24) is 10.4 Å². The van der Waals surface area contributed by atoms with Crippen molar-refractivity contribution in [1.29, 1.82) is 0 Å². The number of carbonyl (C=O) groups excluding carboxylic acids is 2. The summed E-state index contributed by atoms with van der Waals surface area (Å²) in [6.45, 7) is -0.0194. The number of nitro benzene ring substituents is 1. The number of hydrogen-bond donors (Lipinski definition) is 1. The van der Waals surface area contributed by atoms with E-state index in [-0.39, 0.29) is 38.9 Å². The lowest BCUT2D eigenvalue weighted by atomic mass is 9.49. The second-order valence-electron chi connectivity index (χ2n) is 9.68. The average Bonchev–Trinajstić information content (AvgIpc) is 3.31. The van der Waals surface area contributed by atoms with E-state index in [0.717, 1.165) is 36.0 Å². The van der Waals surface area contributed by atoms with Crippen molar-refractivity contribution in [3.05, 3.63) is 32.7 Å². The fourth-order valence-electron chi connectivity index (χ4n) is 6.53. The third-order valence-corrected chi connectivity index (χ3v) is 8.83. The number of amides is 2. The summed E-state index contributed by atoms with van der Waals surface area (Å²) in [6.07, 6.45) is 7.67. The van der Waals surface area contributed by atoms with Crippen LogP contribution >= 0.6 is 24.0 Å². The molecule has 1 saturated heterocycles. The monoisotopic (exact) mass is 487 g/mol. The van der Waals surface area contributed by atoms with Gasteiger partial charge in [0, 0.05) is 0 Å². The van der Waals surface area contributed by atoms with Gasteiger partial charge in [0.05, 0.1) is 26.9 Å². The number of carbonyl (C=O) groups is 2. The first kappa shape index (κ1) is 20.9. The molecule has 9 nitrogen and oxygen atoms in total. The number of fused-ring (bicyclic) bond motifs is 1. The highest BCUT2D eigenvalue weighted by Crippen LogP contribution is 2.60. The number of benzene rings is 1. The lowest BCUT2D eigenvalue weighted by Gasteiger charge is -2.55. The van der Waals surface area contributed by atoms with E-state index in [1.54, 1.807) is 0 Å². The van der Waals surface area contributed by atoms with Crippen LogP contribution < -0.4 is 14.9 Å². The molecule has 1 aromatic carbocycles. The van der Waals surface area contributed by atoms with Crippen LogP contribution in [0.3, 0.4) is 0 Å². The molecule has 4 saturated carbocycles. The third kappa shape index (κ3) is 3.40. The van der Waals surface area contributed by atoms with Gasteiger partial charge >= 0.3 is 0 Å². The summed E-state index contributed by atoms with van der Waals surface area (Å²) in [5.41, 5.74) is 2.37. The third-order valence-electron chi connectivity index (χ3n) is 7.53. The van der Waals surface area contributed by atoms with Gasteiger partial charge in [-0.05, 0) is 80.6 Å². The van der Waals surface area contributed by atoms with Gasteiger partial charge in [-0.1, -0.05) is 11.8 Å². The second-order valence-corrected chi connectivity index (χ2v) is 11.4. The Balaban J connectivity index is 1.25. The molecule has 33 heavy (non-hydrogen) atoms. The average molecular weight is 488 g/mol. The Morgan fingerprint density at radius 3 is 2.39 bits per heavy atom. The van der Waals surface area contributed by atoms with Crippen LogP contribution in [0.5, 0.6) is 11.5 Å². The summed E-state index contributed by atoms with van der Waals surface area (Å²) < 4.78 is 10.7. The first-order valence-corrected chi connectivity index (χ1v) is 12.2. The number of hydrazine groups is 1. The van der Waals surface area contributed by atoms with Crippen molar-refractivity contribution in [2.75, 3.05) is 6.79 Å². The van der Waals surface area contributed by atoms with Gasteiger partial charge < -0.3 is 9.47 Å². The van der Waals surface area contributed by atoms with E-state index in [1.807, 2.05) is 0 Å². The lowest BCUT2D eigenvalue weighted by Crippen LogP contribution is -2.57. The lowest BCUT2D eigenvalue weighted by molar-refractivity contribution is -0.385. The van der Waals surface area contributed by atoms with Gasteiger partial charge in [-0.2, -0.15) is 5.01 Å². The van der Waals surface area contributed by atoms with Crippen molar-refractivity contribution in [2.45, 2.75) is 38.5 Å². The fraction of sp³-hybridized carbons (Fsp3) is 0.500. The van der Waals surface area contributed by atoms with E-state index < -0.39 is 16.2 Å².